The fourth-order valence-corrected chi connectivity index (χ4v) is 2.99. The van der Waals surface area contributed by atoms with Crippen molar-refractivity contribution in [3.63, 3.8) is 0 Å². The van der Waals surface area contributed by atoms with Crippen LogP contribution < -0.4 is 0 Å². The van der Waals surface area contributed by atoms with Crippen LogP contribution >= 0.6 is 11.8 Å². The third-order valence-corrected chi connectivity index (χ3v) is 4.16. The smallest absolute Gasteiger partial charge is 0.340 e. The Hall–Kier alpha value is -1.36. The lowest BCUT2D eigenvalue weighted by Gasteiger charge is -2.11. The summed E-state index contributed by atoms with van der Waals surface area (Å²) in [7, 11) is 0. The van der Waals surface area contributed by atoms with Crippen molar-refractivity contribution in [2.75, 3.05) is 5.75 Å². The van der Waals surface area contributed by atoms with Gasteiger partial charge in [0, 0.05) is 5.92 Å². The maximum absolute atomic E-state index is 11.4. The van der Waals surface area contributed by atoms with Crippen molar-refractivity contribution in [3.05, 3.63) is 29.7 Å². The van der Waals surface area contributed by atoms with Gasteiger partial charge in [-0.05, 0) is 31.9 Å². The van der Waals surface area contributed by atoms with Crippen LogP contribution in [0, 0.1) is 6.92 Å². The van der Waals surface area contributed by atoms with E-state index in [-0.39, 0.29) is 11.5 Å². The largest absolute Gasteiger partial charge is 0.478 e. The maximum Gasteiger partial charge on any atom is 0.340 e. The van der Waals surface area contributed by atoms with Crippen molar-refractivity contribution in [2.45, 2.75) is 57.4 Å². The highest BCUT2D eigenvalue weighted by Gasteiger charge is 2.19. The van der Waals surface area contributed by atoms with Crippen molar-refractivity contribution in [3.8, 4) is 0 Å². The van der Waals surface area contributed by atoms with E-state index in [4.69, 9.17) is 0 Å². The Balaban J connectivity index is 2.78. The first-order chi connectivity index (χ1) is 9.97. The summed E-state index contributed by atoms with van der Waals surface area (Å²) < 4.78 is 0. The first-order valence-corrected chi connectivity index (χ1v) is 8.31. The van der Waals surface area contributed by atoms with Crippen LogP contribution in [0.2, 0.25) is 0 Å². The molecule has 0 saturated carbocycles. The van der Waals surface area contributed by atoms with E-state index in [1.807, 2.05) is 19.9 Å². The molecule has 0 aliphatic carbocycles. The molecule has 0 aliphatic heterocycles. The van der Waals surface area contributed by atoms with E-state index in [9.17, 15) is 9.90 Å². The highest BCUT2D eigenvalue weighted by molar-refractivity contribution is 7.99. The summed E-state index contributed by atoms with van der Waals surface area (Å²) >= 11 is 1.52. The Labute approximate surface area is 131 Å². The third kappa shape index (κ3) is 5.50. The number of carboxylic acids is 1. The molecule has 0 fully saturated rings. The van der Waals surface area contributed by atoms with Crippen LogP contribution in [0.5, 0.6) is 0 Å². The molecule has 0 unspecified atom stereocenters. The van der Waals surface area contributed by atoms with Gasteiger partial charge in [-0.1, -0.05) is 26.3 Å². The van der Waals surface area contributed by atoms with Crippen LogP contribution in [-0.4, -0.2) is 26.8 Å². The van der Waals surface area contributed by atoms with Gasteiger partial charge in [0.25, 0.3) is 0 Å². The standard InChI is InChI=1S/C16H24N2O2S/c1-5-6-7-8-9-10-21-15-13(16(19)20)12(4)17-14(18-15)11(2)3/h5,11H,1,6-10H2,2-4H3,(H,19,20). The number of rotatable bonds is 9. The Kier molecular flexibility index (Phi) is 7.43. The van der Waals surface area contributed by atoms with E-state index < -0.39 is 5.97 Å². The zero-order valence-electron chi connectivity index (χ0n) is 13.1. The summed E-state index contributed by atoms with van der Waals surface area (Å²) in [5.74, 6) is 0.841. The van der Waals surface area contributed by atoms with E-state index in [1.54, 1.807) is 6.92 Å². The van der Waals surface area contributed by atoms with Gasteiger partial charge in [0.05, 0.1) is 5.69 Å². The van der Waals surface area contributed by atoms with Crippen LogP contribution in [0.4, 0.5) is 0 Å². The van der Waals surface area contributed by atoms with E-state index in [2.05, 4.69) is 16.5 Å². The van der Waals surface area contributed by atoms with Crippen LogP contribution in [0.15, 0.2) is 17.7 Å². The lowest BCUT2D eigenvalue weighted by molar-refractivity contribution is 0.0690. The van der Waals surface area contributed by atoms with Crippen LogP contribution in [0.3, 0.4) is 0 Å². The minimum absolute atomic E-state index is 0.193. The molecule has 116 valence electrons. The van der Waals surface area contributed by atoms with Gasteiger partial charge in [-0.15, -0.1) is 18.3 Å². The molecule has 1 N–H and O–H groups in total. The van der Waals surface area contributed by atoms with Gasteiger partial charge in [0.1, 0.15) is 16.4 Å². The molecule has 0 aromatic carbocycles. The Morgan fingerprint density at radius 3 is 2.62 bits per heavy atom. The second-order valence-corrected chi connectivity index (χ2v) is 6.38. The predicted octanol–water partition coefficient (Wildman–Crippen LogP) is 4.45. The number of allylic oxidation sites excluding steroid dienone is 1. The fourth-order valence-electron chi connectivity index (χ4n) is 1.91. The van der Waals surface area contributed by atoms with Crippen molar-refractivity contribution in [1.82, 2.24) is 9.97 Å². The van der Waals surface area contributed by atoms with Gasteiger partial charge in [0.2, 0.25) is 0 Å². The monoisotopic (exact) mass is 308 g/mol. The maximum atomic E-state index is 11.4. The number of unbranched alkanes of at least 4 members (excludes halogenated alkanes) is 3. The molecule has 0 bridgehead atoms. The van der Waals surface area contributed by atoms with Crippen molar-refractivity contribution >= 4 is 17.7 Å². The second-order valence-electron chi connectivity index (χ2n) is 5.29. The van der Waals surface area contributed by atoms with Gasteiger partial charge in [-0.3, -0.25) is 0 Å². The molecule has 4 nitrogen and oxygen atoms in total. The van der Waals surface area contributed by atoms with Crippen molar-refractivity contribution in [1.29, 1.82) is 0 Å². The molecule has 0 atom stereocenters. The predicted molar refractivity (Wildman–Crippen MR) is 87.2 cm³/mol. The average Bonchev–Trinajstić information content (AvgIpc) is 2.41. The Morgan fingerprint density at radius 2 is 2.05 bits per heavy atom. The van der Waals surface area contributed by atoms with Crippen molar-refractivity contribution in [2.24, 2.45) is 0 Å². The lowest BCUT2D eigenvalue weighted by atomic mass is 10.2. The lowest BCUT2D eigenvalue weighted by Crippen LogP contribution is -2.10. The summed E-state index contributed by atoms with van der Waals surface area (Å²) in [6.45, 7) is 9.47. The number of nitrogens with zero attached hydrogens (tertiary/aromatic N) is 2. The van der Waals surface area contributed by atoms with E-state index >= 15 is 0 Å². The molecule has 0 aliphatic rings. The normalized spacial score (nSPS) is 10.9. The summed E-state index contributed by atoms with van der Waals surface area (Å²) in [6.07, 6.45) is 6.28. The molecule has 0 amide bonds. The third-order valence-electron chi connectivity index (χ3n) is 3.10. The minimum atomic E-state index is -0.947. The highest BCUT2D eigenvalue weighted by atomic mass is 32.2. The number of thioether (sulfide) groups is 1. The number of aromatic carboxylic acids is 1. The number of aromatic nitrogens is 2. The van der Waals surface area contributed by atoms with E-state index in [0.29, 0.717) is 16.5 Å². The fraction of sp³-hybridized carbons (Fsp3) is 0.562. The molecule has 21 heavy (non-hydrogen) atoms. The molecule has 1 aromatic rings. The zero-order valence-corrected chi connectivity index (χ0v) is 13.9. The minimum Gasteiger partial charge on any atom is -0.478 e. The SMILES string of the molecule is C=CCCCCCSc1nc(C(C)C)nc(C)c1C(=O)O. The van der Waals surface area contributed by atoms with Crippen LogP contribution in [0.1, 0.15) is 67.3 Å². The average molecular weight is 308 g/mol. The molecular formula is C16H24N2O2S. The van der Waals surface area contributed by atoms with Crippen LogP contribution in [-0.2, 0) is 0 Å². The number of hydrogen-bond donors (Lipinski definition) is 1. The summed E-state index contributed by atoms with van der Waals surface area (Å²) in [5.41, 5.74) is 0.797. The first-order valence-electron chi connectivity index (χ1n) is 7.32. The molecule has 0 saturated heterocycles. The van der Waals surface area contributed by atoms with Gasteiger partial charge in [0.15, 0.2) is 0 Å². The Morgan fingerprint density at radius 1 is 1.33 bits per heavy atom. The first kappa shape index (κ1) is 17.7. The molecule has 1 aromatic heterocycles. The van der Waals surface area contributed by atoms with Gasteiger partial charge < -0.3 is 5.11 Å². The molecule has 0 radical (unpaired) electrons. The number of hydrogen-bond acceptors (Lipinski definition) is 4. The molecule has 5 heteroatoms. The second kappa shape index (κ2) is 8.82. The molecular weight excluding hydrogens is 284 g/mol. The molecule has 1 rings (SSSR count). The van der Waals surface area contributed by atoms with Crippen LogP contribution in [0.25, 0.3) is 0 Å². The summed E-state index contributed by atoms with van der Waals surface area (Å²) in [6, 6.07) is 0. The quantitative estimate of drug-likeness (QED) is 0.316. The van der Waals surface area contributed by atoms with Gasteiger partial charge in [-0.25, -0.2) is 14.8 Å². The van der Waals surface area contributed by atoms with Crippen molar-refractivity contribution < 1.29 is 9.90 Å². The summed E-state index contributed by atoms with van der Waals surface area (Å²) in [5, 5.41) is 9.94. The number of aryl methyl sites for hydroxylation is 1. The van der Waals surface area contributed by atoms with Gasteiger partial charge in [-0.2, -0.15) is 0 Å². The zero-order chi connectivity index (χ0) is 15.8. The molecule has 1 heterocycles. The van der Waals surface area contributed by atoms with E-state index in [1.165, 1.54) is 11.8 Å². The highest BCUT2D eigenvalue weighted by Crippen LogP contribution is 2.26. The number of carbonyl (C=O) groups is 1. The van der Waals surface area contributed by atoms with Gasteiger partial charge >= 0.3 is 5.97 Å². The Bertz CT molecular complexity index is 501. The topological polar surface area (TPSA) is 63.1 Å². The molecule has 0 spiro atoms. The number of carboxylic acid groups (broad SMARTS) is 1. The summed E-state index contributed by atoms with van der Waals surface area (Å²) in [4.78, 5) is 20.1. The van der Waals surface area contributed by atoms with E-state index in [0.717, 1.165) is 31.4 Å².